The van der Waals surface area contributed by atoms with E-state index in [2.05, 4.69) is 15.1 Å². The molecule has 1 fully saturated rings. The van der Waals surface area contributed by atoms with Crippen LogP contribution in [0.3, 0.4) is 0 Å². The van der Waals surface area contributed by atoms with Gasteiger partial charge in [-0.2, -0.15) is 0 Å². The van der Waals surface area contributed by atoms with Crippen LogP contribution in [0.2, 0.25) is 10.0 Å². The lowest BCUT2D eigenvalue weighted by atomic mass is 10.2. The third kappa shape index (κ3) is 4.24. The summed E-state index contributed by atoms with van der Waals surface area (Å²) in [5.74, 6) is 0.506. The van der Waals surface area contributed by atoms with Crippen molar-refractivity contribution in [1.82, 2.24) is 15.1 Å². The minimum Gasteiger partial charge on any atom is -0.383 e. The van der Waals surface area contributed by atoms with Gasteiger partial charge < -0.3 is 21.7 Å². The van der Waals surface area contributed by atoms with Gasteiger partial charge in [-0.15, -0.1) is 0 Å². The van der Waals surface area contributed by atoms with Crippen molar-refractivity contribution in [3.8, 4) is 0 Å². The van der Waals surface area contributed by atoms with E-state index in [1.54, 1.807) is 6.07 Å². The van der Waals surface area contributed by atoms with E-state index in [0.29, 0.717) is 22.4 Å². The summed E-state index contributed by atoms with van der Waals surface area (Å²) < 4.78 is 0. The van der Waals surface area contributed by atoms with Crippen LogP contribution < -0.4 is 16.8 Å². The number of nitrogens with two attached hydrogens (primary N) is 2. The normalized spacial score (nSPS) is 24.9. The summed E-state index contributed by atoms with van der Waals surface area (Å²) in [6.45, 7) is 3.25. The third-order valence-corrected chi connectivity index (χ3v) is 6.25. The average Bonchev–Trinajstić information content (AvgIpc) is 2.61. The van der Waals surface area contributed by atoms with Crippen molar-refractivity contribution >= 4 is 40.8 Å². The van der Waals surface area contributed by atoms with Gasteiger partial charge in [-0.1, -0.05) is 41.0 Å². The molecule has 0 saturated carbocycles. The molecule has 1 aromatic carbocycles. The topological polar surface area (TPSA) is 82.9 Å². The molecule has 5 N–H and O–H groups in total. The second-order valence-electron chi connectivity index (χ2n) is 6.06. The Morgan fingerprint density at radius 1 is 1.40 bits per heavy atom. The van der Waals surface area contributed by atoms with Gasteiger partial charge >= 0.3 is 0 Å². The van der Waals surface area contributed by atoms with Gasteiger partial charge in [0.15, 0.2) is 6.29 Å². The Hall–Kier alpha value is -0.960. The number of halogens is 2. The maximum absolute atomic E-state index is 6.28. The second kappa shape index (κ2) is 8.16. The molecule has 0 aromatic heterocycles. The lowest BCUT2D eigenvalue weighted by Gasteiger charge is -2.41. The van der Waals surface area contributed by atoms with Gasteiger partial charge in [0.05, 0.1) is 15.0 Å². The van der Waals surface area contributed by atoms with Gasteiger partial charge in [0.25, 0.3) is 0 Å². The minimum absolute atomic E-state index is 0.115. The number of amidine groups is 1. The van der Waals surface area contributed by atoms with Gasteiger partial charge in [-0.25, -0.2) is 4.99 Å². The van der Waals surface area contributed by atoms with Gasteiger partial charge in [-0.05, 0) is 12.1 Å². The molecule has 6 nitrogen and oxygen atoms in total. The number of aliphatic imine (C=N–C) groups is 1. The summed E-state index contributed by atoms with van der Waals surface area (Å²) >= 11 is 13.8. The molecular weight excluding hydrogens is 379 g/mol. The molecule has 0 bridgehead atoms. The van der Waals surface area contributed by atoms with E-state index in [9.17, 15) is 0 Å². The van der Waals surface area contributed by atoms with E-state index in [0.717, 1.165) is 29.4 Å². The summed E-state index contributed by atoms with van der Waals surface area (Å²) in [5.41, 5.74) is 12.0. The zero-order valence-electron chi connectivity index (χ0n) is 14.0. The molecular formula is C16H22Cl2N6S. The van der Waals surface area contributed by atoms with Crippen LogP contribution >= 0.6 is 35.0 Å². The summed E-state index contributed by atoms with van der Waals surface area (Å²) in [6.07, 6.45) is 1.89. The van der Waals surface area contributed by atoms with E-state index < -0.39 is 0 Å². The van der Waals surface area contributed by atoms with Crippen molar-refractivity contribution < 1.29 is 0 Å². The highest BCUT2D eigenvalue weighted by molar-refractivity contribution is 8.04. The van der Waals surface area contributed by atoms with Crippen molar-refractivity contribution in [3.05, 3.63) is 39.3 Å². The maximum Gasteiger partial charge on any atom is 0.180 e. The van der Waals surface area contributed by atoms with Crippen LogP contribution in [0.15, 0.2) is 39.2 Å². The lowest BCUT2D eigenvalue weighted by molar-refractivity contribution is 0.0695. The molecule has 1 unspecified atom stereocenters. The van der Waals surface area contributed by atoms with E-state index in [1.807, 2.05) is 25.4 Å². The Morgan fingerprint density at radius 2 is 2.20 bits per heavy atom. The summed E-state index contributed by atoms with van der Waals surface area (Å²) in [6, 6.07) is 5.83. The first kappa shape index (κ1) is 18.8. The van der Waals surface area contributed by atoms with Crippen LogP contribution in [-0.4, -0.2) is 61.2 Å². The van der Waals surface area contributed by atoms with E-state index >= 15 is 0 Å². The van der Waals surface area contributed by atoms with E-state index in [-0.39, 0.29) is 12.3 Å². The zero-order chi connectivity index (χ0) is 18.0. The molecule has 0 aliphatic carbocycles. The highest BCUT2D eigenvalue weighted by Crippen LogP contribution is 2.37. The number of nitrogens with zero attached hydrogens (tertiary/aromatic N) is 3. The molecule has 2 aliphatic rings. The predicted octanol–water partition coefficient (Wildman–Crippen LogP) is 1.75. The van der Waals surface area contributed by atoms with Gasteiger partial charge in [0.2, 0.25) is 0 Å². The van der Waals surface area contributed by atoms with Crippen LogP contribution in [0.25, 0.3) is 0 Å². The number of hydrogen-bond acceptors (Lipinski definition) is 7. The lowest BCUT2D eigenvalue weighted by Crippen LogP contribution is -2.59. The Balaban J connectivity index is 1.75. The van der Waals surface area contributed by atoms with Crippen LogP contribution in [0, 0.1) is 0 Å². The fourth-order valence-corrected chi connectivity index (χ4v) is 4.35. The molecule has 136 valence electrons. The largest absolute Gasteiger partial charge is 0.383 e. The standard InChI is InChI=1S/C16H22Cl2N6S/c1-23-9-13(25-12-4-2-3-11(17)14(12)18)15(20)22-16(23)24-6-5-21-10(7-19)8-24/h2-4,9-10,16,21H,5-8,19H2,1H3,(H2,20,22)/t10?,16-/m0/s1. The molecule has 25 heavy (non-hydrogen) atoms. The summed E-state index contributed by atoms with van der Waals surface area (Å²) in [4.78, 5) is 10.8. The van der Waals surface area contributed by atoms with Crippen molar-refractivity contribution in [2.75, 3.05) is 33.2 Å². The summed E-state index contributed by atoms with van der Waals surface area (Å²) in [5, 5.41) is 4.46. The molecule has 9 heteroatoms. The third-order valence-electron chi connectivity index (χ3n) is 4.23. The van der Waals surface area contributed by atoms with Gasteiger partial charge in [-0.3, -0.25) is 4.90 Å². The molecule has 2 atom stereocenters. The van der Waals surface area contributed by atoms with Crippen molar-refractivity contribution in [3.63, 3.8) is 0 Å². The molecule has 1 saturated heterocycles. The number of benzene rings is 1. The number of nitrogens with one attached hydrogen (secondary N) is 1. The Bertz CT molecular complexity index is 695. The van der Waals surface area contributed by atoms with Crippen LogP contribution in [-0.2, 0) is 0 Å². The molecule has 0 amide bonds. The first-order valence-corrected chi connectivity index (χ1v) is 9.63. The predicted molar refractivity (Wildman–Crippen MR) is 106 cm³/mol. The van der Waals surface area contributed by atoms with Crippen molar-refractivity contribution in [2.45, 2.75) is 17.2 Å². The number of hydrogen-bond donors (Lipinski definition) is 3. The number of piperazine rings is 1. The van der Waals surface area contributed by atoms with E-state index in [4.69, 9.17) is 39.7 Å². The molecule has 2 aliphatic heterocycles. The first-order valence-electron chi connectivity index (χ1n) is 8.06. The second-order valence-corrected chi connectivity index (χ2v) is 7.92. The van der Waals surface area contributed by atoms with Crippen LogP contribution in [0.1, 0.15) is 0 Å². The van der Waals surface area contributed by atoms with Gasteiger partial charge in [0.1, 0.15) is 5.84 Å². The molecule has 2 heterocycles. The Morgan fingerprint density at radius 3 is 2.96 bits per heavy atom. The van der Waals surface area contributed by atoms with Crippen LogP contribution in [0.5, 0.6) is 0 Å². The van der Waals surface area contributed by atoms with Crippen molar-refractivity contribution in [2.24, 2.45) is 16.5 Å². The summed E-state index contributed by atoms with van der Waals surface area (Å²) in [7, 11) is 2.00. The van der Waals surface area contributed by atoms with Crippen molar-refractivity contribution in [1.29, 1.82) is 0 Å². The molecule has 3 rings (SSSR count). The maximum atomic E-state index is 6.28. The zero-order valence-corrected chi connectivity index (χ0v) is 16.3. The smallest absolute Gasteiger partial charge is 0.180 e. The van der Waals surface area contributed by atoms with Gasteiger partial charge in [0, 0.05) is 50.4 Å². The molecule has 0 radical (unpaired) electrons. The monoisotopic (exact) mass is 400 g/mol. The van der Waals surface area contributed by atoms with Crippen LogP contribution in [0.4, 0.5) is 0 Å². The number of thioether (sulfide) groups is 1. The first-order chi connectivity index (χ1) is 12.0. The number of rotatable bonds is 4. The van der Waals surface area contributed by atoms with E-state index in [1.165, 1.54) is 11.8 Å². The molecule has 0 spiro atoms. The highest BCUT2D eigenvalue weighted by atomic mass is 35.5. The minimum atomic E-state index is -0.115. The fourth-order valence-electron chi connectivity index (χ4n) is 2.91. The highest BCUT2D eigenvalue weighted by Gasteiger charge is 2.29. The SMILES string of the molecule is CN1C=C(Sc2cccc(Cl)c2Cl)C(N)=N[C@@H]1N1CCNC(CN)C1. The molecule has 1 aromatic rings. The quantitative estimate of drug-likeness (QED) is 0.713. The Labute approximate surface area is 162 Å². The fraction of sp³-hybridized carbons (Fsp3) is 0.438. The average molecular weight is 401 g/mol. The Kier molecular flexibility index (Phi) is 6.14.